The van der Waals surface area contributed by atoms with Gasteiger partial charge >= 0.3 is 0 Å². The summed E-state index contributed by atoms with van der Waals surface area (Å²) in [4.78, 5) is 37.2. The van der Waals surface area contributed by atoms with Gasteiger partial charge in [0.15, 0.2) is 5.78 Å². The third-order valence-electron chi connectivity index (χ3n) is 4.39. The second-order valence-corrected chi connectivity index (χ2v) is 6.21. The molecule has 0 saturated carbocycles. The normalized spacial score (nSPS) is 13.1. The average Bonchev–Trinajstić information content (AvgIpc) is 2.61. The van der Waals surface area contributed by atoms with E-state index in [1.54, 1.807) is 36.1 Å². The first-order chi connectivity index (χ1) is 12.0. The summed E-state index contributed by atoms with van der Waals surface area (Å²) in [6.45, 7) is 3.79. The first-order valence-electron chi connectivity index (χ1n) is 8.29. The molecule has 1 heterocycles. The summed E-state index contributed by atoms with van der Waals surface area (Å²) in [5.74, 6) is -0.228. The highest BCUT2D eigenvalue weighted by molar-refractivity contribution is 6.05. The van der Waals surface area contributed by atoms with Gasteiger partial charge < -0.3 is 10.2 Å². The van der Waals surface area contributed by atoms with Crippen LogP contribution >= 0.6 is 0 Å². The smallest absolute Gasteiger partial charge is 0.255 e. The van der Waals surface area contributed by atoms with E-state index < -0.39 is 0 Å². The third kappa shape index (κ3) is 3.60. The van der Waals surface area contributed by atoms with Crippen molar-refractivity contribution in [2.45, 2.75) is 26.7 Å². The SMILES string of the molecule is CC(=O)c1ccc(C(=O)Nc2ccc3c(c2)CCCN3C(C)=O)cc1. The molecule has 0 aromatic heterocycles. The molecule has 0 fully saturated rings. The van der Waals surface area contributed by atoms with Gasteiger partial charge in [0.1, 0.15) is 0 Å². The van der Waals surface area contributed by atoms with Gasteiger partial charge in [-0.2, -0.15) is 0 Å². The van der Waals surface area contributed by atoms with E-state index in [4.69, 9.17) is 0 Å². The van der Waals surface area contributed by atoms with Crippen LogP contribution < -0.4 is 10.2 Å². The predicted molar refractivity (Wildman–Crippen MR) is 97.2 cm³/mol. The van der Waals surface area contributed by atoms with Crippen molar-refractivity contribution in [1.82, 2.24) is 0 Å². The van der Waals surface area contributed by atoms with Crippen LogP contribution in [0.4, 0.5) is 11.4 Å². The Morgan fingerprint density at radius 2 is 1.64 bits per heavy atom. The lowest BCUT2D eigenvalue weighted by Gasteiger charge is -2.29. The Morgan fingerprint density at radius 1 is 0.960 bits per heavy atom. The Bertz CT molecular complexity index is 841. The van der Waals surface area contributed by atoms with Gasteiger partial charge in [-0.05, 0) is 55.7 Å². The van der Waals surface area contributed by atoms with Gasteiger partial charge in [0.25, 0.3) is 5.91 Å². The molecule has 2 aromatic rings. The molecule has 0 aliphatic carbocycles. The molecule has 2 aromatic carbocycles. The maximum absolute atomic E-state index is 12.4. The van der Waals surface area contributed by atoms with Gasteiger partial charge in [-0.3, -0.25) is 14.4 Å². The topological polar surface area (TPSA) is 66.5 Å². The van der Waals surface area contributed by atoms with Crippen LogP contribution in [0.2, 0.25) is 0 Å². The number of anilines is 2. The van der Waals surface area contributed by atoms with E-state index in [1.165, 1.54) is 6.92 Å². The molecule has 1 aliphatic rings. The summed E-state index contributed by atoms with van der Waals surface area (Å²) in [6, 6.07) is 12.2. The van der Waals surface area contributed by atoms with Gasteiger partial charge in [-0.25, -0.2) is 0 Å². The molecule has 25 heavy (non-hydrogen) atoms. The van der Waals surface area contributed by atoms with E-state index in [0.29, 0.717) is 16.8 Å². The second kappa shape index (κ2) is 6.89. The molecule has 0 atom stereocenters. The lowest BCUT2D eigenvalue weighted by Crippen LogP contribution is -2.33. The fraction of sp³-hybridized carbons (Fsp3) is 0.250. The molecule has 128 valence electrons. The largest absolute Gasteiger partial charge is 0.322 e. The molecule has 1 N–H and O–H groups in total. The molecule has 1 aliphatic heterocycles. The molecular formula is C20H20N2O3. The van der Waals surface area contributed by atoms with Crippen LogP contribution in [0.3, 0.4) is 0 Å². The number of hydrogen-bond donors (Lipinski definition) is 1. The Labute approximate surface area is 146 Å². The van der Waals surface area contributed by atoms with Crippen LogP contribution in [-0.2, 0) is 11.2 Å². The zero-order chi connectivity index (χ0) is 18.0. The Kier molecular flexibility index (Phi) is 4.65. The number of aryl methyl sites for hydroxylation is 1. The quantitative estimate of drug-likeness (QED) is 0.873. The van der Waals surface area contributed by atoms with Crippen molar-refractivity contribution < 1.29 is 14.4 Å². The number of Topliss-reactive ketones (excluding diaryl/α,β-unsaturated/α-hetero) is 1. The van der Waals surface area contributed by atoms with Crippen LogP contribution in [0.15, 0.2) is 42.5 Å². The standard InChI is InChI=1S/C20H20N2O3/c1-13(23)15-5-7-16(8-6-15)20(25)21-18-9-10-19-17(12-18)4-3-11-22(19)14(2)24/h5-10,12H,3-4,11H2,1-2H3,(H,21,25). The summed E-state index contributed by atoms with van der Waals surface area (Å²) in [5, 5.41) is 2.87. The number of carbonyl (C=O) groups is 3. The van der Waals surface area contributed by atoms with Crippen LogP contribution in [0.25, 0.3) is 0 Å². The molecule has 0 spiro atoms. The summed E-state index contributed by atoms with van der Waals surface area (Å²) in [6.07, 6.45) is 1.80. The molecule has 0 saturated heterocycles. The maximum Gasteiger partial charge on any atom is 0.255 e. The number of ketones is 1. The number of benzene rings is 2. The molecule has 5 nitrogen and oxygen atoms in total. The zero-order valence-corrected chi connectivity index (χ0v) is 14.3. The number of fused-ring (bicyclic) bond motifs is 1. The Hall–Kier alpha value is -2.95. The lowest BCUT2D eigenvalue weighted by atomic mass is 10.0. The van der Waals surface area contributed by atoms with Crippen LogP contribution in [0.1, 0.15) is 46.5 Å². The number of hydrogen-bond acceptors (Lipinski definition) is 3. The van der Waals surface area contributed by atoms with E-state index in [0.717, 1.165) is 30.6 Å². The van der Waals surface area contributed by atoms with Crippen molar-refractivity contribution in [1.29, 1.82) is 0 Å². The van der Waals surface area contributed by atoms with Gasteiger partial charge in [0, 0.05) is 36.0 Å². The molecule has 0 unspecified atom stereocenters. The van der Waals surface area contributed by atoms with Crippen molar-refractivity contribution in [2.24, 2.45) is 0 Å². The molecular weight excluding hydrogens is 316 g/mol. The van der Waals surface area contributed by atoms with Crippen molar-refractivity contribution in [2.75, 3.05) is 16.8 Å². The molecule has 0 bridgehead atoms. The maximum atomic E-state index is 12.4. The highest BCUT2D eigenvalue weighted by atomic mass is 16.2. The monoisotopic (exact) mass is 336 g/mol. The van der Waals surface area contributed by atoms with Crippen molar-refractivity contribution in [3.8, 4) is 0 Å². The third-order valence-corrected chi connectivity index (χ3v) is 4.39. The minimum Gasteiger partial charge on any atom is -0.322 e. The second-order valence-electron chi connectivity index (χ2n) is 6.21. The highest BCUT2D eigenvalue weighted by Crippen LogP contribution is 2.30. The summed E-state index contributed by atoms with van der Waals surface area (Å²) in [7, 11) is 0. The number of nitrogens with one attached hydrogen (secondary N) is 1. The number of carbonyl (C=O) groups excluding carboxylic acids is 3. The van der Waals surface area contributed by atoms with E-state index in [9.17, 15) is 14.4 Å². The highest BCUT2D eigenvalue weighted by Gasteiger charge is 2.20. The summed E-state index contributed by atoms with van der Waals surface area (Å²) in [5.41, 5.74) is 3.75. The summed E-state index contributed by atoms with van der Waals surface area (Å²) >= 11 is 0. The van der Waals surface area contributed by atoms with Crippen molar-refractivity contribution >= 4 is 29.0 Å². The van der Waals surface area contributed by atoms with Gasteiger partial charge in [-0.1, -0.05) is 12.1 Å². The molecule has 5 heteroatoms. The molecule has 2 amide bonds. The van der Waals surface area contributed by atoms with Crippen LogP contribution in [0.5, 0.6) is 0 Å². The Morgan fingerprint density at radius 3 is 2.28 bits per heavy atom. The first kappa shape index (κ1) is 16.9. The van der Waals surface area contributed by atoms with Gasteiger partial charge in [0.05, 0.1) is 0 Å². The van der Waals surface area contributed by atoms with E-state index in [2.05, 4.69) is 5.32 Å². The summed E-state index contributed by atoms with van der Waals surface area (Å²) < 4.78 is 0. The fourth-order valence-electron chi connectivity index (χ4n) is 3.06. The van der Waals surface area contributed by atoms with E-state index >= 15 is 0 Å². The Balaban J connectivity index is 1.78. The minimum atomic E-state index is -0.228. The number of amides is 2. The molecule has 0 radical (unpaired) electrons. The number of nitrogens with zero attached hydrogens (tertiary/aromatic N) is 1. The van der Waals surface area contributed by atoms with E-state index in [-0.39, 0.29) is 17.6 Å². The minimum absolute atomic E-state index is 0.0308. The molecule has 3 rings (SSSR count). The van der Waals surface area contributed by atoms with Crippen LogP contribution in [-0.4, -0.2) is 24.1 Å². The predicted octanol–water partition coefficient (Wildman–Crippen LogP) is 3.44. The first-order valence-corrected chi connectivity index (χ1v) is 8.29. The lowest BCUT2D eigenvalue weighted by molar-refractivity contribution is -0.116. The van der Waals surface area contributed by atoms with Crippen LogP contribution in [0, 0.1) is 0 Å². The van der Waals surface area contributed by atoms with Crippen molar-refractivity contribution in [3.05, 3.63) is 59.2 Å². The average molecular weight is 336 g/mol. The van der Waals surface area contributed by atoms with E-state index in [1.807, 2.05) is 18.2 Å². The fourth-order valence-corrected chi connectivity index (χ4v) is 3.06. The van der Waals surface area contributed by atoms with Crippen molar-refractivity contribution in [3.63, 3.8) is 0 Å². The zero-order valence-electron chi connectivity index (χ0n) is 14.3. The van der Waals surface area contributed by atoms with Gasteiger partial charge in [0.2, 0.25) is 5.91 Å². The number of rotatable bonds is 3. The van der Waals surface area contributed by atoms with Gasteiger partial charge in [-0.15, -0.1) is 0 Å².